The SMILES string of the molecule is Cc1ccc(C)c(N2CCN(CC(=O)N3CCCCC3)CC2)c1. The number of likely N-dealkylation sites (tertiary alicyclic amines) is 1. The van der Waals surface area contributed by atoms with E-state index in [-0.39, 0.29) is 0 Å². The Kier molecular flexibility index (Phi) is 5.21. The zero-order valence-electron chi connectivity index (χ0n) is 14.6. The molecule has 0 spiro atoms. The largest absolute Gasteiger partial charge is 0.369 e. The monoisotopic (exact) mass is 315 g/mol. The standard InChI is InChI=1S/C19H29N3O/c1-16-6-7-17(2)18(14-16)21-12-10-20(11-13-21)15-19(23)22-8-4-3-5-9-22/h6-7,14H,3-5,8-13,15H2,1-2H3. The zero-order valence-corrected chi connectivity index (χ0v) is 14.6. The highest BCUT2D eigenvalue weighted by Crippen LogP contribution is 2.22. The predicted octanol–water partition coefficient (Wildman–Crippen LogP) is 2.44. The summed E-state index contributed by atoms with van der Waals surface area (Å²) in [6, 6.07) is 6.66. The van der Waals surface area contributed by atoms with Crippen molar-refractivity contribution in [2.24, 2.45) is 0 Å². The summed E-state index contributed by atoms with van der Waals surface area (Å²) in [5.41, 5.74) is 4.01. The van der Waals surface area contributed by atoms with E-state index in [9.17, 15) is 4.79 Å². The Morgan fingerprint density at radius 1 is 0.957 bits per heavy atom. The summed E-state index contributed by atoms with van der Waals surface area (Å²) < 4.78 is 0. The first-order valence-corrected chi connectivity index (χ1v) is 8.96. The predicted molar refractivity (Wildman–Crippen MR) is 95.0 cm³/mol. The number of anilines is 1. The molecule has 2 aliphatic rings. The topological polar surface area (TPSA) is 26.8 Å². The maximum atomic E-state index is 12.4. The van der Waals surface area contributed by atoms with Gasteiger partial charge in [0.1, 0.15) is 0 Å². The number of benzene rings is 1. The summed E-state index contributed by atoms with van der Waals surface area (Å²) in [7, 11) is 0. The van der Waals surface area contributed by atoms with Gasteiger partial charge in [0.2, 0.25) is 5.91 Å². The summed E-state index contributed by atoms with van der Waals surface area (Å²) in [5.74, 6) is 0.324. The number of carbonyl (C=O) groups is 1. The molecule has 2 saturated heterocycles. The fourth-order valence-corrected chi connectivity index (χ4v) is 3.64. The highest BCUT2D eigenvalue weighted by Gasteiger charge is 2.23. The highest BCUT2D eigenvalue weighted by molar-refractivity contribution is 5.78. The van der Waals surface area contributed by atoms with Crippen LogP contribution in [-0.2, 0) is 4.79 Å². The van der Waals surface area contributed by atoms with Crippen molar-refractivity contribution in [2.75, 3.05) is 50.7 Å². The van der Waals surface area contributed by atoms with Crippen LogP contribution in [0.25, 0.3) is 0 Å². The van der Waals surface area contributed by atoms with E-state index in [1.807, 2.05) is 0 Å². The molecule has 4 heteroatoms. The van der Waals surface area contributed by atoms with Gasteiger partial charge in [0.15, 0.2) is 0 Å². The van der Waals surface area contributed by atoms with Gasteiger partial charge in [0.05, 0.1) is 6.54 Å². The lowest BCUT2D eigenvalue weighted by Crippen LogP contribution is -2.50. The van der Waals surface area contributed by atoms with Crippen molar-refractivity contribution < 1.29 is 4.79 Å². The fourth-order valence-electron chi connectivity index (χ4n) is 3.64. The smallest absolute Gasteiger partial charge is 0.236 e. The van der Waals surface area contributed by atoms with E-state index in [0.717, 1.165) is 39.3 Å². The minimum atomic E-state index is 0.324. The van der Waals surface area contributed by atoms with Crippen LogP contribution in [0.5, 0.6) is 0 Å². The average Bonchev–Trinajstić information content (AvgIpc) is 2.58. The molecular formula is C19H29N3O. The molecule has 2 fully saturated rings. The number of nitrogens with zero attached hydrogens (tertiary/aromatic N) is 3. The Bertz CT molecular complexity index is 544. The second kappa shape index (κ2) is 7.35. The number of hydrogen-bond donors (Lipinski definition) is 0. The number of amides is 1. The molecule has 1 aromatic carbocycles. The van der Waals surface area contributed by atoms with Gasteiger partial charge in [0, 0.05) is 45.0 Å². The Balaban J connectivity index is 1.52. The molecule has 1 aromatic rings. The minimum Gasteiger partial charge on any atom is -0.369 e. The van der Waals surface area contributed by atoms with Crippen molar-refractivity contribution in [2.45, 2.75) is 33.1 Å². The van der Waals surface area contributed by atoms with Gasteiger partial charge in [-0.05, 0) is 50.3 Å². The Hall–Kier alpha value is -1.55. The van der Waals surface area contributed by atoms with E-state index < -0.39 is 0 Å². The summed E-state index contributed by atoms with van der Waals surface area (Å²) in [6.07, 6.45) is 3.62. The van der Waals surface area contributed by atoms with Gasteiger partial charge >= 0.3 is 0 Å². The first-order chi connectivity index (χ1) is 11.1. The van der Waals surface area contributed by atoms with E-state index in [2.05, 4.69) is 46.7 Å². The molecule has 4 nitrogen and oxygen atoms in total. The van der Waals surface area contributed by atoms with Crippen LogP contribution in [0.4, 0.5) is 5.69 Å². The molecule has 0 bridgehead atoms. The second-order valence-electron chi connectivity index (χ2n) is 6.99. The van der Waals surface area contributed by atoms with Gasteiger partial charge in [-0.3, -0.25) is 9.69 Å². The molecule has 0 unspecified atom stereocenters. The van der Waals surface area contributed by atoms with Crippen molar-refractivity contribution in [3.8, 4) is 0 Å². The van der Waals surface area contributed by atoms with Crippen molar-refractivity contribution in [3.05, 3.63) is 29.3 Å². The molecule has 0 aliphatic carbocycles. The first kappa shape index (κ1) is 16.3. The summed E-state index contributed by atoms with van der Waals surface area (Å²) in [5, 5.41) is 0. The van der Waals surface area contributed by atoms with Crippen LogP contribution < -0.4 is 4.90 Å². The number of piperidine rings is 1. The Labute approximate surface area is 140 Å². The van der Waals surface area contributed by atoms with Crippen LogP contribution in [0.1, 0.15) is 30.4 Å². The molecule has 126 valence electrons. The average molecular weight is 315 g/mol. The first-order valence-electron chi connectivity index (χ1n) is 8.96. The van der Waals surface area contributed by atoms with Crippen LogP contribution in [0.3, 0.4) is 0 Å². The van der Waals surface area contributed by atoms with Crippen molar-refractivity contribution in [1.29, 1.82) is 0 Å². The van der Waals surface area contributed by atoms with E-state index in [4.69, 9.17) is 0 Å². The molecule has 0 radical (unpaired) electrons. The summed E-state index contributed by atoms with van der Waals surface area (Å²) in [6.45, 7) is 10.8. The van der Waals surface area contributed by atoms with Crippen molar-refractivity contribution in [1.82, 2.24) is 9.80 Å². The molecule has 2 heterocycles. The maximum Gasteiger partial charge on any atom is 0.236 e. The quantitative estimate of drug-likeness (QED) is 0.857. The van der Waals surface area contributed by atoms with E-state index in [1.54, 1.807) is 0 Å². The van der Waals surface area contributed by atoms with Crippen LogP contribution >= 0.6 is 0 Å². The molecule has 0 aromatic heterocycles. The number of carbonyl (C=O) groups excluding carboxylic acids is 1. The van der Waals surface area contributed by atoms with Crippen LogP contribution in [-0.4, -0.2) is 61.5 Å². The summed E-state index contributed by atoms with van der Waals surface area (Å²) >= 11 is 0. The number of piperazine rings is 1. The Morgan fingerprint density at radius 2 is 1.65 bits per heavy atom. The number of rotatable bonds is 3. The lowest BCUT2D eigenvalue weighted by atomic mass is 10.1. The number of aryl methyl sites for hydroxylation is 2. The number of hydrogen-bond acceptors (Lipinski definition) is 3. The van der Waals surface area contributed by atoms with Gasteiger partial charge < -0.3 is 9.80 Å². The summed E-state index contributed by atoms with van der Waals surface area (Å²) in [4.78, 5) is 19.2. The maximum absolute atomic E-state index is 12.4. The van der Waals surface area contributed by atoms with Gasteiger partial charge in [-0.1, -0.05) is 12.1 Å². The van der Waals surface area contributed by atoms with Gasteiger partial charge in [0.25, 0.3) is 0 Å². The van der Waals surface area contributed by atoms with Crippen LogP contribution in [0.2, 0.25) is 0 Å². The zero-order chi connectivity index (χ0) is 16.2. The van der Waals surface area contributed by atoms with Crippen molar-refractivity contribution >= 4 is 11.6 Å². The minimum absolute atomic E-state index is 0.324. The molecule has 1 amide bonds. The van der Waals surface area contributed by atoms with Gasteiger partial charge in [-0.2, -0.15) is 0 Å². The lowest BCUT2D eigenvalue weighted by Gasteiger charge is -2.37. The highest BCUT2D eigenvalue weighted by atomic mass is 16.2. The Morgan fingerprint density at radius 3 is 2.35 bits per heavy atom. The molecule has 2 aliphatic heterocycles. The van der Waals surface area contributed by atoms with Gasteiger partial charge in [-0.15, -0.1) is 0 Å². The lowest BCUT2D eigenvalue weighted by molar-refractivity contribution is -0.133. The third kappa shape index (κ3) is 4.05. The molecular weight excluding hydrogens is 286 g/mol. The van der Waals surface area contributed by atoms with E-state index in [1.165, 1.54) is 36.1 Å². The van der Waals surface area contributed by atoms with Crippen LogP contribution in [0, 0.1) is 13.8 Å². The molecule has 0 atom stereocenters. The molecule has 0 N–H and O–H groups in total. The third-order valence-electron chi connectivity index (χ3n) is 5.15. The molecule has 3 rings (SSSR count). The molecule has 23 heavy (non-hydrogen) atoms. The third-order valence-corrected chi connectivity index (χ3v) is 5.15. The van der Waals surface area contributed by atoms with Crippen LogP contribution in [0.15, 0.2) is 18.2 Å². The molecule has 0 saturated carbocycles. The fraction of sp³-hybridized carbons (Fsp3) is 0.632. The van der Waals surface area contributed by atoms with E-state index in [0.29, 0.717) is 12.5 Å². The second-order valence-corrected chi connectivity index (χ2v) is 6.99. The normalized spacial score (nSPS) is 19.9. The van der Waals surface area contributed by atoms with Crippen molar-refractivity contribution in [3.63, 3.8) is 0 Å². The van der Waals surface area contributed by atoms with Gasteiger partial charge in [-0.25, -0.2) is 0 Å². The van der Waals surface area contributed by atoms with E-state index >= 15 is 0 Å².